The van der Waals surface area contributed by atoms with E-state index in [1.54, 1.807) is 0 Å². The molecule has 0 unspecified atom stereocenters. The molecule has 1 aromatic heterocycles. The van der Waals surface area contributed by atoms with Crippen LogP contribution in [0.25, 0.3) is 5.69 Å². The van der Waals surface area contributed by atoms with Gasteiger partial charge in [0.2, 0.25) is 0 Å². The van der Waals surface area contributed by atoms with Crippen molar-refractivity contribution in [1.82, 2.24) is 9.47 Å². The maximum atomic E-state index is 6.14. The van der Waals surface area contributed by atoms with E-state index in [1.165, 1.54) is 22.6 Å². The molecule has 0 aliphatic carbocycles. The van der Waals surface area contributed by atoms with Crippen LogP contribution in [0.4, 0.5) is 0 Å². The zero-order valence-corrected chi connectivity index (χ0v) is 12.2. The van der Waals surface area contributed by atoms with Gasteiger partial charge in [-0.2, -0.15) is 0 Å². The van der Waals surface area contributed by atoms with Crippen LogP contribution in [0, 0.1) is 6.92 Å². The Labute approximate surface area is 123 Å². The Kier molecular flexibility index (Phi) is 2.88. The first kappa shape index (κ1) is 12.5. The van der Waals surface area contributed by atoms with Crippen molar-refractivity contribution < 1.29 is 4.74 Å². The smallest absolute Gasteiger partial charge is 0.153 e. The average Bonchev–Trinajstić information content (AvgIpc) is 3.00. The number of benzene rings is 1. The quantitative estimate of drug-likeness (QED) is 0.750. The average molecular weight is 289 g/mol. The van der Waals surface area contributed by atoms with Crippen LogP contribution in [0.15, 0.2) is 36.4 Å². The van der Waals surface area contributed by atoms with Crippen LogP contribution in [0.5, 0.6) is 0 Å². The molecular weight excluding hydrogens is 272 g/mol. The van der Waals surface area contributed by atoms with Gasteiger partial charge in [0.25, 0.3) is 0 Å². The molecule has 3 heterocycles. The fourth-order valence-corrected chi connectivity index (χ4v) is 3.49. The summed E-state index contributed by atoms with van der Waals surface area (Å²) in [7, 11) is 0. The van der Waals surface area contributed by atoms with Crippen molar-refractivity contribution in [2.24, 2.45) is 0 Å². The molecule has 0 radical (unpaired) electrons. The van der Waals surface area contributed by atoms with Gasteiger partial charge in [-0.3, -0.25) is 4.90 Å². The summed E-state index contributed by atoms with van der Waals surface area (Å²) in [5.41, 5.74) is 5.06. The fourth-order valence-electron chi connectivity index (χ4n) is 3.32. The lowest BCUT2D eigenvalue weighted by Crippen LogP contribution is -2.23. The van der Waals surface area contributed by atoms with E-state index in [4.69, 9.17) is 16.3 Å². The van der Waals surface area contributed by atoms with Crippen molar-refractivity contribution >= 4 is 11.6 Å². The van der Waals surface area contributed by atoms with E-state index in [9.17, 15) is 0 Å². The second kappa shape index (κ2) is 4.62. The molecule has 20 heavy (non-hydrogen) atoms. The lowest BCUT2D eigenvalue weighted by atomic mass is 10.1. The minimum atomic E-state index is 0.0137. The van der Waals surface area contributed by atoms with Gasteiger partial charge in [0, 0.05) is 24.7 Å². The normalized spacial score (nSPS) is 24.9. The predicted octanol–water partition coefficient (Wildman–Crippen LogP) is 3.24. The van der Waals surface area contributed by atoms with Gasteiger partial charge in [-0.1, -0.05) is 18.2 Å². The Bertz CT molecular complexity index is 652. The van der Waals surface area contributed by atoms with Gasteiger partial charge in [-0.15, -0.1) is 11.6 Å². The largest absolute Gasteiger partial charge is 0.351 e. The Morgan fingerprint density at radius 1 is 1.25 bits per heavy atom. The number of hydrogen-bond acceptors (Lipinski definition) is 2. The van der Waals surface area contributed by atoms with Crippen molar-refractivity contribution in [3.63, 3.8) is 0 Å². The molecule has 0 N–H and O–H groups in total. The summed E-state index contributed by atoms with van der Waals surface area (Å²) in [6.07, 6.45) is 0.135. The third kappa shape index (κ3) is 1.74. The van der Waals surface area contributed by atoms with Crippen molar-refractivity contribution in [2.45, 2.75) is 25.8 Å². The highest BCUT2D eigenvalue weighted by Crippen LogP contribution is 2.38. The fraction of sp³-hybridized carbons (Fsp3) is 0.375. The summed E-state index contributed by atoms with van der Waals surface area (Å²) in [5.74, 6) is 0.550. The van der Waals surface area contributed by atoms with Crippen molar-refractivity contribution in [3.05, 3.63) is 53.3 Å². The molecule has 2 aliphatic heterocycles. The van der Waals surface area contributed by atoms with E-state index in [0.29, 0.717) is 5.88 Å². The number of hydrogen-bond donors (Lipinski definition) is 0. The summed E-state index contributed by atoms with van der Waals surface area (Å²) < 4.78 is 8.45. The van der Waals surface area contributed by atoms with Gasteiger partial charge in [0.05, 0.1) is 17.5 Å². The molecule has 0 amide bonds. The van der Waals surface area contributed by atoms with E-state index >= 15 is 0 Å². The molecule has 4 rings (SSSR count). The first-order chi connectivity index (χ1) is 9.78. The Hall–Kier alpha value is -1.29. The summed E-state index contributed by atoms with van der Waals surface area (Å²) in [5, 5.41) is 0. The van der Waals surface area contributed by atoms with Gasteiger partial charge >= 0.3 is 0 Å². The second-order valence-corrected chi connectivity index (χ2v) is 5.87. The summed E-state index contributed by atoms with van der Waals surface area (Å²) >= 11 is 5.99. The summed E-state index contributed by atoms with van der Waals surface area (Å²) in [6.45, 7) is 3.95. The minimum absolute atomic E-state index is 0.0137. The maximum Gasteiger partial charge on any atom is 0.153 e. The predicted molar refractivity (Wildman–Crippen MR) is 79.3 cm³/mol. The van der Waals surface area contributed by atoms with Crippen LogP contribution in [0.3, 0.4) is 0 Å². The van der Waals surface area contributed by atoms with E-state index in [0.717, 1.165) is 13.1 Å². The van der Waals surface area contributed by atoms with Crippen molar-refractivity contribution in [3.8, 4) is 5.69 Å². The van der Waals surface area contributed by atoms with Crippen LogP contribution >= 0.6 is 11.6 Å². The Morgan fingerprint density at radius 3 is 2.95 bits per heavy atom. The molecule has 1 saturated heterocycles. The van der Waals surface area contributed by atoms with Crippen LogP contribution in [-0.2, 0) is 11.3 Å². The van der Waals surface area contributed by atoms with Gasteiger partial charge in [-0.05, 0) is 30.7 Å². The van der Waals surface area contributed by atoms with Gasteiger partial charge in [0.1, 0.15) is 0 Å². The third-order valence-electron chi connectivity index (χ3n) is 4.23. The van der Waals surface area contributed by atoms with E-state index < -0.39 is 0 Å². The topological polar surface area (TPSA) is 17.4 Å². The van der Waals surface area contributed by atoms with E-state index in [1.807, 2.05) is 0 Å². The number of rotatable bonds is 1. The van der Waals surface area contributed by atoms with E-state index in [2.05, 4.69) is 52.8 Å². The van der Waals surface area contributed by atoms with Gasteiger partial charge < -0.3 is 9.30 Å². The monoisotopic (exact) mass is 288 g/mol. The molecule has 2 aliphatic rings. The number of aromatic nitrogens is 1. The number of aryl methyl sites for hydroxylation is 1. The van der Waals surface area contributed by atoms with Gasteiger partial charge in [0.15, 0.2) is 6.23 Å². The van der Waals surface area contributed by atoms with Crippen molar-refractivity contribution in [2.75, 3.05) is 12.4 Å². The molecular formula is C16H17ClN2O. The number of para-hydroxylation sites is 1. The highest BCUT2D eigenvalue weighted by atomic mass is 35.5. The third-order valence-corrected chi connectivity index (χ3v) is 4.57. The molecule has 1 aromatic carbocycles. The maximum absolute atomic E-state index is 6.14. The first-order valence-electron chi connectivity index (χ1n) is 7.00. The molecule has 0 saturated carbocycles. The number of alkyl halides is 1. The van der Waals surface area contributed by atoms with Gasteiger partial charge in [-0.25, -0.2) is 0 Å². The van der Waals surface area contributed by atoms with E-state index in [-0.39, 0.29) is 12.3 Å². The van der Waals surface area contributed by atoms with Crippen LogP contribution < -0.4 is 0 Å². The zero-order chi connectivity index (χ0) is 13.7. The molecule has 0 bridgehead atoms. The molecule has 3 nitrogen and oxygen atoms in total. The second-order valence-electron chi connectivity index (χ2n) is 5.56. The first-order valence-corrected chi connectivity index (χ1v) is 7.53. The number of nitrogens with zero attached hydrogens (tertiary/aromatic N) is 2. The summed E-state index contributed by atoms with van der Waals surface area (Å²) in [4.78, 5) is 2.38. The molecule has 104 valence electrons. The highest BCUT2D eigenvalue weighted by molar-refractivity contribution is 6.18. The molecule has 2 atom stereocenters. The Morgan fingerprint density at radius 2 is 2.10 bits per heavy atom. The molecule has 4 heteroatoms. The highest BCUT2D eigenvalue weighted by Gasteiger charge is 2.37. The number of ether oxygens (including phenoxy) is 1. The Balaban J connectivity index is 1.90. The van der Waals surface area contributed by atoms with Crippen LogP contribution in [-0.4, -0.2) is 28.0 Å². The molecule has 0 spiro atoms. The van der Waals surface area contributed by atoms with Crippen LogP contribution in [0.2, 0.25) is 0 Å². The SMILES string of the molecule is Cc1ccc2n1-c1ccccc1CN1C[C@H](CCl)O[C@H]21. The summed E-state index contributed by atoms with van der Waals surface area (Å²) in [6, 6.07) is 12.9. The minimum Gasteiger partial charge on any atom is -0.351 e. The standard InChI is InChI=1S/C16H17ClN2O/c1-11-6-7-15-16-18(10-13(8-17)20-16)9-12-4-2-3-5-14(12)19(11)15/h2-7,13,16H,8-10H2,1H3/t13-,16+/m0/s1. The number of halogens is 1. The molecule has 1 fully saturated rings. The zero-order valence-electron chi connectivity index (χ0n) is 11.4. The number of fused-ring (bicyclic) bond motifs is 5. The van der Waals surface area contributed by atoms with Crippen molar-refractivity contribution in [1.29, 1.82) is 0 Å². The molecule has 2 aromatic rings. The lowest BCUT2D eigenvalue weighted by Gasteiger charge is -2.19. The lowest BCUT2D eigenvalue weighted by molar-refractivity contribution is 0.000263. The van der Waals surface area contributed by atoms with Crippen LogP contribution in [0.1, 0.15) is 23.2 Å².